The zero-order valence-electron chi connectivity index (χ0n) is 7.22. The zero-order valence-corrected chi connectivity index (χ0v) is 7.22. The van der Waals surface area contributed by atoms with Crippen LogP contribution in [0.2, 0.25) is 0 Å². The topological polar surface area (TPSA) is 57.4 Å². The zero-order chi connectivity index (χ0) is 9.10. The molecule has 2 N–H and O–H groups in total. The maximum Gasteiger partial charge on any atom is 0.184 e. The second kappa shape index (κ2) is 3.83. The summed E-state index contributed by atoms with van der Waals surface area (Å²) in [5, 5.41) is 0. The summed E-state index contributed by atoms with van der Waals surface area (Å²) < 4.78 is 10.8. The molecule has 4 nitrogen and oxygen atoms in total. The van der Waals surface area contributed by atoms with Gasteiger partial charge in [0.1, 0.15) is 0 Å². The Kier molecular flexibility index (Phi) is 2.54. The second-order valence-electron chi connectivity index (χ2n) is 3.04. The molecule has 1 aliphatic heterocycles. The van der Waals surface area contributed by atoms with Gasteiger partial charge in [0.15, 0.2) is 6.29 Å². The van der Waals surface area contributed by atoms with Crippen molar-refractivity contribution in [2.75, 3.05) is 13.2 Å². The summed E-state index contributed by atoms with van der Waals surface area (Å²) in [4.78, 5) is 3.92. The van der Waals surface area contributed by atoms with Crippen LogP contribution in [0.4, 0.5) is 0 Å². The minimum absolute atomic E-state index is 0.00177. The van der Waals surface area contributed by atoms with E-state index < -0.39 is 0 Å². The molecular weight excluding hydrogens is 168 g/mol. The van der Waals surface area contributed by atoms with Crippen molar-refractivity contribution in [3.63, 3.8) is 0 Å². The van der Waals surface area contributed by atoms with Gasteiger partial charge in [0.25, 0.3) is 0 Å². The minimum Gasteiger partial charge on any atom is -0.347 e. The fourth-order valence-corrected chi connectivity index (χ4v) is 1.23. The summed E-state index contributed by atoms with van der Waals surface area (Å²) in [5.74, 6) is 0. The third kappa shape index (κ3) is 2.03. The van der Waals surface area contributed by atoms with Crippen LogP contribution >= 0.6 is 0 Å². The molecule has 1 saturated heterocycles. The maximum atomic E-state index is 5.61. The van der Waals surface area contributed by atoms with E-state index in [0.29, 0.717) is 13.2 Å². The van der Waals surface area contributed by atoms with E-state index in [0.717, 1.165) is 5.56 Å². The number of nitrogens with two attached hydrogens (primary N) is 1. The normalized spacial score (nSPS) is 28.7. The molecule has 1 aromatic heterocycles. The van der Waals surface area contributed by atoms with Gasteiger partial charge < -0.3 is 15.2 Å². The van der Waals surface area contributed by atoms with E-state index in [1.807, 2.05) is 12.1 Å². The molecule has 2 rings (SSSR count). The van der Waals surface area contributed by atoms with Crippen LogP contribution in [0.15, 0.2) is 24.5 Å². The molecule has 1 aliphatic rings. The van der Waals surface area contributed by atoms with Gasteiger partial charge in [-0.05, 0) is 12.1 Å². The molecule has 0 aromatic carbocycles. The molecule has 0 bridgehead atoms. The van der Waals surface area contributed by atoms with Crippen LogP contribution in [-0.2, 0) is 9.47 Å². The molecule has 1 aromatic rings. The molecule has 0 saturated carbocycles. The Labute approximate surface area is 76.7 Å². The Bertz CT molecular complexity index is 258. The van der Waals surface area contributed by atoms with Crippen molar-refractivity contribution in [1.29, 1.82) is 0 Å². The molecule has 2 heterocycles. The highest BCUT2D eigenvalue weighted by Crippen LogP contribution is 2.21. The number of hydrogen-bond donors (Lipinski definition) is 1. The maximum absolute atomic E-state index is 5.61. The number of pyridine rings is 1. The second-order valence-corrected chi connectivity index (χ2v) is 3.04. The van der Waals surface area contributed by atoms with Gasteiger partial charge in [0.2, 0.25) is 0 Å². The highest BCUT2D eigenvalue weighted by Gasteiger charge is 2.20. The Morgan fingerprint density at radius 1 is 1.23 bits per heavy atom. The van der Waals surface area contributed by atoms with Gasteiger partial charge in [-0.15, -0.1) is 0 Å². The number of aromatic nitrogens is 1. The molecule has 1 fully saturated rings. The van der Waals surface area contributed by atoms with E-state index >= 15 is 0 Å². The summed E-state index contributed by atoms with van der Waals surface area (Å²) in [5.41, 5.74) is 6.60. The lowest BCUT2D eigenvalue weighted by molar-refractivity contribution is -0.189. The van der Waals surface area contributed by atoms with Crippen LogP contribution in [-0.4, -0.2) is 24.2 Å². The average molecular weight is 180 g/mol. The Morgan fingerprint density at radius 3 is 2.46 bits per heavy atom. The molecule has 13 heavy (non-hydrogen) atoms. The van der Waals surface area contributed by atoms with Crippen LogP contribution in [0.1, 0.15) is 11.9 Å². The smallest absolute Gasteiger partial charge is 0.184 e. The molecule has 0 atom stereocenters. The van der Waals surface area contributed by atoms with Crippen LogP contribution in [0.3, 0.4) is 0 Å². The largest absolute Gasteiger partial charge is 0.347 e. The summed E-state index contributed by atoms with van der Waals surface area (Å²) >= 11 is 0. The minimum atomic E-state index is -0.275. The number of hydrogen-bond acceptors (Lipinski definition) is 4. The van der Waals surface area contributed by atoms with E-state index in [1.165, 1.54) is 0 Å². The van der Waals surface area contributed by atoms with Gasteiger partial charge in [0.05, 0.1) is 19.3 Å². The monoisotopic (exact) mass is 180 g/mol. The molecule has 0 radical (unpaired) electrons. The summed E-state index contributed by atoms with van der Waals surface area (Å²) in [6.07, 6.45) is 3.16. The van der Waals surface area contributed by atoms with Crippen molar-refractivity contribution >= 4 is 0 Å². The predicted octanol–water partition coefficient (Wildman–Crippen LogP) is 0.454. The number of rotatable bonds is 1. The van der Waals surface area contributed by atoms with Gasteiger partial charge >= 0.3 is 0 Å². The molecule has 0 amide bonds. The van der Waals surface area contributed by atoms with Crippen molar-refractivity contribution in [3.8, 4) is 0 Å². The summed E-state index contributed by atoms with van der Waals surface area (Å²) in [6.45, 7) is 1.10. The molecule has 4 heteroatoms. The van der Waals surface area contributed by atoms with Crippen molar-refractivity contribution in [1.82, 2.24) is 4.98 Å². The molecule has 0 unspecified atom stereocenters. The van der Waals surface area contributed by atoms with Crippen LogP contribution in [0.25, 0.3) is 0 Å². The van der Waals surface area contributed by atoms with Gasteiger partial charge in [-0.1, -0.05) is 0 Å². The predicted molar refractivity (Wildman–Crippen MR) is 46.9 cm³/mol. The quantitative estimate of drug-likeness (QED) is 0.682. The molecular formula is C9H12N2O2. The lowest BCUT2D eigenvalue weighted by atomic mass is 10.2. The molecule has 0 aliphatic carbocycles. The van der Waals surface area contributed by atoms with Gasteiger partial charge in [0, 0.05) is 18.0 Å². The first-order valence-electron chi connectivity index (χ1n) is 4.25. The SMILES string of the molecule is NC1COC(c2ccncc2)OC1. The lowest BCUT2D eigenvalue weighted by Crippen LogP contribution is -2.37. The first-order valence-corrected chi connectivity index (χ1v) is 4.25. The van der Waals surface area contributed by atoms with Crippen molar-refractivity contribution < 1.29 is 9.47 Å². The summed E-state index contributed by atoms with van der Waals surface area (Å²) in [6, 6.07) is 3.75. The lowest BCUT2D eigenvalue weighted by Gasteiger charge is -2.27. The molecule has 70 valence electrons. The van der Waals surface area contributed by atoms with Crippen LogP contribution < -0.4 is 5.73 Å². The van der Waals surface area contributed by atoms with Gasteiger partial charge in [-0.3, -0.25) is 4.98 Å². The Balaban J connectivity index is 2.03. The van der Waals surface area contributed by atoms with E-state index in [9.17, 15) is 0 Å². The van der Waals surface area contributed by atoms with E-state index in [-0.39, 0.29) is 12.3 Å². The van der Waals surface area contributed by atoms with Crippen molar-refractivity contribution in [2.45, 2.75) is 12.3 Å². The van der Waals surface area contributed by atoms with Gasteiger partial charge in [-0.2, -0.15) is 0 Å². The van der Waals surface area contributed by atoms with Crippen LogP contribution in [0.5, 0.6) is 0 Å². The van der Waals surface area contributed by atoms with E-state index in [1.54, 1.807) is 12.4 Å². The average Bonchev–Trinajstić information content (AvgIpc) is 2.20. The Hall–Kier alpha value is -0.970. The van der Waals surface area contributed by atoms with E-state index in [4.69, 9.17) is 15.2 Å². The molecule has 0 spiro atoms. The third-order valence-corrected chi connectivity index (χ3v) is 1.90. The van der Waals surface area contributed by atoms with Gasteiger partial charge in [-0.25, -0.2) is 0 Å². The fraction of sp³-hybridized carbons (Fsp3) is 0.444. The first kappa shape index (κ1) is 8.62. The van der Waals surface area contributed by atoms with E-state index in [2.05, 4.69) is 4.98 Å². The van der Waals surface area contributed by atoms with Crippen molar-refractivity contribution in [2.24, 2.45) is 5.73 Å². The summed E-state index contributed by atoms with van der Waals surface area (Å²) in [7, 11) is 0. The fourth-order valence-electron chi connectivity index (χ4n) is 1.23. The van der Waals surface area contributed by atoms with Crippen LogP contribution in [0, 0.1) is 0 Å². The third-order valence-electron chi connectivity index (χ3n) is 1.90. The first-order chi connectivity index (χ1) is 6.36. The Morgan fingerprint density at radius 2 is 1.85 bits per heavy atom. The standard InChI is InChI=1S/C9H12N2O2/c10-8-5-12-9(13-6-8)7-1-3-11-4-2-7/h1-4,8-9H,5-6,10H2. The highest BCUT2D eigenvalue weighted by atomic mass is 16.7. The number of nitrogens with zero attached hydrogens (tertiary/aromatic N) is 1. The number of ether oxygens (including phenoxy) is 2. The van der Waals surface area contributed by atoms with Crippen molar-refractivity contribution in [3.05, 3.63) is 30.1 Å². The highest BCUT2D eigenvalue weighted by molar-refractivity contribution is 5.11.